The average molecular weight is 832 g/mol. The second-order valence-electron chi connectivity index (χ2n) is 14.3. The van der Waals surface area contributed by atoms with E-state index >= 15 is 0 Å². The molecule has 0 radical (unpaired) electrons. The van der Waals surface area contributed by atoms with Gasteiger partial charge in [-0.1, -0.05) is 166 Å². The number of ether oxygens (including phenoxy) is 2. The van der Waals surface area contributed by atoms with Crippen LogP contribution in [0.25, 0.3) is 0 Å². The van der Waals surface area contributed by atoms with E-state index in [-0.39, 0.29) is 24.6 Å². The zero-order valence-corrected chi connectivity index (χ0v) is 37.9. The lowest BCUT2D eigenvalue weighted by molar-refractivity contribution is -0.151. The van der Waals surface area contributed by atoms with Gasteiger partial charge < -0.3 is 19.7 Å². The minimum atomic E-state index is -0.398. The van der Waals surface area contributed by atoms with E-state index in [1.807, 2.05) is 26.0 Å². The van der Waals surface area contributed by atoms with E-state index in [1.165, 1.54) is 0 Å². The van der Waals surface area contributed by atoms with E-state index in [2.05, 4.69) is 164 Å². The number of amides is 1. The quantitative estimate of drug-likeness (QED) is 0.0526. The van der Waals surface area contributed by atoms with Crippen molar-refractivity contribution in [3.8, 4) is 0 Å². The molecule has 1 aliphatic heterocycles. The number of hydrogen-bond acceptors (Lipinski definition) is 6. The van der Waals surface area contributed by atoms with Crippen molar-refractivity contribution < 1.29 is 19.1 Å². The fraction of sp³-hybridized carbons (Fsp3) is 0.426. The molecule has 1 unspecified atom stereocenters. The molecule has 0 aromatic heterocycles. The van der Waals surface area contributed by atoms with Crippen LogP contribution in [0.15, 0.2) is 175 Å². The number of nitrogens with one attached hydrogen (secondary N) is 1. The van der Waals surface area contributed by atoms with Crippen molar-refractivity contribution >= 4 is 17.7 Å². The minimum Gasteiger partial charge on any atom is -0.463 e. The van der Waals surface area contributed by atoms with Crippen molar-refractivity contribution in [2.45, 2.75) is 143 Å². The normalized spacial score (nSPS) is 15.3. The zero-order valence-electron chi connectivity index (χ0n) is 37.9. The molecule has 61 heavy (non-hydrogen) atoms. The Bertz CT molecular complexity index is 1630. The summed E-state index contributed by atoms with van der Waals surface area (Å²) in [6.07, 6.45) is 68.3. The first-order valence-electron chi connectivity index (χ1n) is 22.5. The van der Waals surface area contributed by atoms with Crippen molar-refractivity contribution in [1.82, 2.24) is 10.2 Å². The number of carbonyl (C=O) groups excluding carboxylic acids is 2. The molecule has 332 valence electrons. The summed E-state index contributed by atoms with van der Waals surface area (Å²) in [5.41, 5.74) is 0. The highest BCUT2D eigenvalue weighted by Crippen LogP contribution is 2.17. The number of aliphatic imine (C=N–C) groups is 1. The van der Waals surface area contributed by atoms with Gasteiger partial charge in [0.2, 0.25) is 5.91 Å². The van der Waals surface area contributed by atoms with E-state index in [0.29, 0.717) is 37.3 Å². The fourth-order valence-corrected chi connectivity index (χ4v) is 5.50. The molecule has 1 aliphatic rings. The molecule has 0 saturated heterocycles. The van der Waals surface area contributed by atoms with Crippen LogP contribution in [0, 0.1) is 0 Å². The van der Waals surface area contributed by atoms with Crippen LogP contribution in [0.5, 0.6) is 0 Å². The summed E-state index contributed by atoms with van der Waals surface area (Å²) in [6, 6.07) is 0. The number of allylic oxidation sites excluding steroid dienone is 24. The Morgan fingerprint density at radius 1 is 0.590 bits per heavy atom. The number of carbonyl (C=O) groups is 2. The second-order valence-corrected chi connectivity index (χ2v) is 14.3. The molecule has 1 heterocycles. The molecule has 0 saturated carbocycles. The molecular formula is C54H77N3O4. The molecule has 0 aromatic carbocycles. The molecule has 2 atom stereocenters. The molecule has 0 bridgehead atoms. The van der Waals surface area contributed by atoms with Gasteiger partial charge in [-0.3, -0.25) is 9.59 Å². The fourth-order valence-electron chi connectivity index (χ4n) is 5.50. The molecule has 1 amide bonds. The number of amidine groups is 1. The molecule has 0 fully saturated rings. The van der Waals surface area contributed by atoms with Crippen LogP contribution < -0.4 is 5.32 Å². The van der Waals surface area contributed by atoms with Gasteiger partial charge in [-0.25, -0.2) is 4.99 Å². The van der Waals surface area contributed by atoms with Gasteiger partial charge in [0.25, 0.3) is 0 Å². The van der Waals surface area contributed by atoms with Crippen LogP contribution in [0.1, 0.15) is 130 Å². The van der Waals surface area contributed by atoms with E-state index in [0.717, 1.165) is 77.0 Å². The summed E-state index contributed by atoms with van der Waals surface area (Å²) in [5.74, 6) is 0.526. The topological polar surface area (TPSA) is 80.2 Å². The van der Waals surface area contributed by atoms with Crippen molar-refractivity contribution in [2.24, 2.45) is 4.99 Å². The third-order valence-corrected chi connectivity index (χ3v) is 8.75. The average Bonchev–Trinajstić information content (AvgIpc) is 3.24. The number of hydrogen-bond donors (Lipinski definition) is 1. The Morgan fingerprint density at radius 2 is 0.951 bits per heavy atom. The van der Waals surface area contributed by atoms with Gasteiger partial charge in [0, 0.05) is 19.0 Å². The Hall–Kier alpha value is -5.27. The summed E-state index contributed by atoms with van der Waals surface area (Å²) >= 11 is 0. The zero-order chi connectivity index (χ0) is 44.3. The van der Waals surface area contributed by atoms with Gasteiger partial charge in [0.15, 0.2) is 0 Å². The van der Waals surface area contributed by atoms with Crippen molar-refractivity contribution in [2.75, 3.05) is 6.61 Å². The first-order chi connectivity index (χ1) is 29.9. The van der Waals surface area contributed by atoms with Gasteiger partial charge in [-0.15, -0.1) is 0 Å². The maximum Gasteiger partial charge on any atom is 0.306 e. The summed E-state index contributed by atoms with van der Waals surface area (Å²) in [7, 11) is 0. The van der Waals surface area contributed by atoms with Crippen LogP contribution >= 0.6 is 0 Å². The molecule has 7 heteroatoms. The lowest BCUT2D eigenvalue weighted by Crippen LogP contribution is -2.38. The Kier molecular flexibility index (Phi) is 35.4. The van der Waals surface area contributed by atoms with E-state index in [9.17, 15) is 9.59 Å². The third-order valence-electron chi connectivity index (χ3n) is 8.75. The largest absolute Gasteiger partial charge is 0.463 e. The van der Waals surface area contributed by atoms with Crippen LogP contribution in [0.2, 0.25) is 0 Å². The van der Waals surface area contributed by atoms with Gasteiger partial charge in [0.05, 0.1) is 6.10 Å². The molecular weight excluding hydrogens is 755 g/mol. The van der Waals surface area contributed by atoms with Gasteiger partial charge in [-0.05, 0) is 110 Å². The number of esters is 1. The number of nitrogens with zero attached hydrogens (tertiary/aromatic N) is 2. The highest BCUT2D eigenvalue weighted by molar-refractivity contribution is 6.05. The standard InChI is InChI=1S/C54H77N3O4/c1-6-8-10-12-14-16-18-20-22-24-26-28-30-32-34-36-38-40-42-44-53(58)56-52-46-47-57(50(4)55-52)51(5)61-49(3)48-60-54(59)45-43-41-39-37-35-33-31-29-27-25-23-21-19-17-15-13-11-9-7-2/h8-11,14-17,20-23,26-29,32-35,38-41,46-47,49,51H,4,6-7,12-13,18-19,24-25,30-31,36-37,42-45,48H2,1-3,5H3,(H,55,56,58)/b10-8-,11-9-,16-14-,17-15-,22-20-,23-21-,28-26-,29-27-,34-32-,35-33-,40-38-,41-39-/t49-,51?/m0/s1. The number of rotatable bonds is 33. The van der Waals surface area contributed by atoms with Gasteiger partial charge in [0.1, 0.15) is 24.5 Å². The molecule has 0 aromatic rings. The highest BCUT2D eigenvalue weighted by atomic mass is 16.6. The Balaban J connectivity index is 2.15. The molecule has 7 nitrogen and oxygen atoms in total. The summed E-state index contributed by atoms with van der Waals surface area (Å²) in [6.45, 7) is 12.2. The molecule has 0 spiro atoms. The first-order valence-corrected chi connectivity index (χ1v) is 22.5. The first kappa shape index (κ1) is 53.7. The van der Waals surface area contributed by atoms with E-state index < -0.39 is 6.23 Å². The molecule has 1 rings (SSSR count). The van der Waals surface area contributed by atoms with E-state index in [1.54, 1.807) is 17.2 Å². The maximum absolute atomic E-state index is 12.5. The Morgan fingerprint density at radius 3 is 1.33 bits per heavy atom. The minimum absolute atomic E-state index is 0.107. The van der Waals surface area contributed by atoms with Crippen LogP contribution in [0.3, 0.4) is 0 Å². The van der Waals surface area contributed by atoms with Crippen LogP contribution in [-0.4, -0.2) is 41.6 Å². The predicted molar refractivity (Wildman–Crippen MR) is 262 cm³/mol. The van der Waals surface area contributed by atoms with Crippen molar-refractivity contribution in [1.29, 1.82) is 0 Å². The monoisotopic (exact) mass is 832 g/mol. The highest BCUT2D eigenvalue weighted by Gasteiger charge is 2.20. The van der Waals surface area contributed by atoms with Crippen molar-refractivity contribution in [3.05, 3.63) is 171 Å². The van der Waals surface area contributed by atoms with E-state index in [4.69, 9.17) is 9.47 Å². The smallest absolute Gasteiger partial charge is 0.306 e. The summed E-state index contributed by atoms with van der Waals surface area (Å²) in [5, 5.41) is 2.85. The molecule has 1 N–H and O–H groups in total. The lowest BCUT2D eigenvalue weighted by atomic mass is 10.2. The van der Waals surface area contributed by atoms with Gasteiger partial charge in [-0.2, -0.15) is 0 Å². The second kappa shape index (κ2) is 40.2. The Labute approximate surface area is 370 Å². The molecule has 0 aliphatic carbocycles. The SMILES string of the molecule is C=C1N=C(NC(=O)CC/C=C\C/C=C\C/C=C\C/C=C\C/C=C\C/C=C\CC)C=CN1C(C)O[C@@H](C)COC(=O)CC/C=C\C/C=C\C/C=C\C/C=C\C/C=C\C/C=C\CC. The summed E-state index contributed by atoms with van der Waals surface area (Å²) in [4.78, 5) is 31.0. The van der Waals surface area contributed by atoms with Gasteiger partial charge >= 0.3 is 5.97 Å². The van der Waals surface area contributed by atoms with Crippen molar-refractivity contribution in [3.63, 3.8) is 0 Å². The van der Waals surface area contributed by atoms with Crippen LogP contribution in [-0.2, 0) is 19.1 Å². The summed E-state index contributed by atoms with van der Waals surface area (Å²) < 4.78 is 11.5. The maximum atomic E-state index is 12.5. The van der Waals surface area contributed by atoms with Crippen LogP contribution in [0.4, 0.5) is 0 Å². The lowest BCUT2D eigenvalue weighted by Gasteiger charge is -2.31. The third kappa shape index (κ3) is 34.2. The predicted octanol–water partition coefficient (Wildman–Crippen LogP) is 14.1.